The minimum absolute atomic E-state index is 0.101. The quantitative estimate of drug-likeness (QED) is 0.426. The van der Waals surface area contributed by atoms with E-state index in [1.165, 1.54) is 11.6 Å². The summed E-state index contributed by atoms with van der Waals surface area (Å²) in [4.78, 5) is 23.3. The van der Waals surface area contributed by atoms with Crippen LogP contribution in [0.15, 0.2) is 36.4 Å². The third kappa shape index (κ3) is 5.30. The highest BCUT2D eigenvalue weighted by molar-refractivity contribution is 5.97. The number of aryl methyl sites for hydroxylation is 2. The van der Waals surface area contributed by atoms with Gasteiger partial charge in [-0.2, -0.15) is 0 Å². The van der Waals surface area contributed by atoms with Gasteiger partial charge in [-0.15, -0.1) is 0 Å². The fourth-order valence-corrected chi connectivity index (χ4v) is 3.30. The molecule has 0 atom stereocenters. The number of ether oxygens (including phenoxy) is 1. The van der Waals surface area contributed by atoms with Crippen LogP contribution in [0.5, 0.6) is 0 Å². The summed E-state index contributed by atoms with van der Waals surface area (Å²) < 4.78 is 4.87. The van der Waals surface area contributed by atoms with Gasteiger partial charge < -0.3 is 10.1 Å². The Morgan fingerprint density at radius 2 is 1.74 bits per heavy atom. The van der Waals surface area contributed by atoms with E-state index < -0.39 is 0 Å². The number of hydrogen-bond donors (Lipinski definition) is 1. The molecule has 27 heavy (non-hydrogen) atoms. The predicted octanol–water partition coefficient (Wildman–Crippen LogP) is 5.00. The van der Waals surface area contributed by atoms with Gasteiger partial charge in [0.05, 0.1) is 6.61 Å². The van der Waals surface area contributed by atoms with E-state index in [-0.39, 0.29) is 11.8 Å². The summed E-state index contributed by atoms with van der Waals surface area (Å²) in [6, 6.07) is 9.89. The van der Waals surface area contributed by atoms with E-state index >= 15 is 0 Å². The van der Waals surface area contributed by atoms with E-state index in [2.05, 4.69) is 18.3 Å². The molecule has 0 unspecified atom stereocenters. The van der Waals surface area contributed by atoms with E-state index in [0.29, 0.717) is 13.2 Å². The smallest absolute Gasteiger partial charge is 0.330 e. The fraction of sp³-hybridized carbons (Fsp3) is 0.304. The Hall–Kier alpha value is -2.88. The second-order valence-electron chi connectivity index (χ2n) is 6.61. The molecule has 4 heteroatoms. The SMILES string of the molecule is CCOC(=O)/C=C/c1ccc(NCc2c(C)cc(C)c(C(C)=O)c2C)cc1. The molecule has 2 aromatic rings. The molecular weight excluding hydrogens is 338 g/mol. The van der Waals surface area contributed by atoms with Crippen LogP contribution in [0, 0.1) is 20.8 Å². The molecular formula is C23H27NO3. The highest BCUT2D eigenvalue weighted by atomic mass is 16.5. The van der Waals surface area contributed by atoms with Crippen LogP contribution >= 0.6 is 0 Å². The molecule has 0 aromatic heterocycles. The fourth-order valence-electron chi connectivity index (χ4n) is 3.30. The lowest BCUT2D eigenvalue weighted by Crippen LogP contribution is -2.09. The van der Waals surface area contributed by atoms with Crippen molar-refractivity contribution in [1.82, 2.24) is 0 Å². The van der Waals surface area contributed by atoms with Crippen molar-refractivity contribution in [2.24, 2.45) is 0 Å². The number of carbonyl (C=O) groups excluding carboxylic acids is 2. The first kappa shape index (κ1) is 20.4. The van der Waals surface area contributed by atoms with Crippen LogP contribution < -0.4 is 5.32 Å². The maximum atomic E-state index is 12.0. The Labute approximate surface area is 161 Å². The van der Waals surface area contributed by atoms with Gasteiger partial charge in [0.25, 0.3) is 0 Å². The van der Waals surface area contributed by atoms with Gasteiger partial charge in [0.1, 0.15) is 0 Å². The lowest BCUT2D eigenvalue weighted by Gasteiger charge is -2.17. The van der Waals surface area contributed by atoms with Crippen LogP contribution in [0.25, 0.3) is 6.08 Å². The molecule has 0 bridgehead atoms. The first-order chi connectivity index (χ1) is 12.8. The molecule has 4 nitrogen and oxygen atoms in total. The van der Waals surface area contributed by atoms with Crippen molar-refractivity contribution in [3.05, 3.63) is 69.8 Å². The first-order valence-electron chi connectivity index (χ1n) is 9.12. The summed E-state index contributed by atoms with van der Waals surface area (Å²) >= 11 is 0. The number of nitrogens with one attached hydrogen (secondary N) is 1. The van der Waals surface area contributed by atoms with E-state index in [0.717, 1.165) is 33.5 Å². The van der Waals surface area contributed by atoms with Crippen LogP contribution in [0.2, 0.25) is 0 Å². The monoisotopic (exact) mass is 365 g/mol. The number of hydrogen-bond acceptors (Lipinski definition) is 4. The Balaban J connectivity index is 2.10. The third-order valence-corrected chi connectivity index (χ3v) is 4.56. The molecule has 142 valence electrons. The highest BCUT2D eigenvalue weighted by Crippen LogP contribution is 2.24. The molecule has 2 aromatic carbocycles. The summed E-state index contributed by atoms with van der Waals surface area (Å²) in [6.45, 7) is 10.5. The number of carbonyl (C=O) groups is 2. The maximum absolute atomic E-state index is 12.0. The van der Waals surface area contributed by atoms with Crippen molar-refractivity contribution >= 4 is 23.5 Å². The van der Waals surface area contributed by atoms with Gasteiger partial charge in [-0.1, -0.05) is 18.2 Å². The van der Waals surface area contributed by atoms with Gasteiger partial charge in [0, 0.05) is 23.9 Å². The zero-order chi connectivity index (χ0) is 20.0. The average molecular weight is 365 g/mol. The molecule has 0 radical (unpaired) electrons. The van der Waals surface area contributed by atoms with Crippen LogP contribution in [0.3, 0.4) is 0 Å². The second kappa shape index (κ2) is 9.17. The lowest BCUT2D eigenvalue weighted by atomic mass is 9.91. The van der Waals surface area contributed by atoms with E-state index in [1.807, 2.05) is 38.1 Å². The van der Waals surface area contributed by atoms with Gasteiger partial charge in [-0.3, -0.25) is 4.79 Å². The molecule has 0 saturated carbocycles. The van der Waals surface area contributed by atoms with Gasteiger partial charge in [0.2, 0.25) is 0 Å². The van der Waals surface area contributed by atoms with Crippen molar-refractivity contribution in [3.63, 3.8) is 0 Å². The van der Waals surface area contributed by atoms with E-state index in [1.54, 1.807) is 19.9 Å². The summed E-state index contributed by atoms with van der Waals surface area (Å²) in [5.74, 6) is -0.240. The standard InChI is InChI=1S/C23H27NO3/c1-6-27-22(26)12-9-19-7-10-20(11-8-19)24-14-21-15(2)13-16(3)23(17(21)4)18(5)25/h7-13,24H,6,14H2,1-5H3/b12-9+. The normalized spacial score (nSPS) is 10.9. The molecule has 0 aliphatic heterocycles. The van der Waals surface area contributed by atoms with Crippen molar-refractivity contribution in [1.29, 1.82) is 0 Å². The molecule has 0 aliphatic rings. The van der Waals surface area contributed by atoms with Gasteiger partial charge >= 0.3 is 5.97 Å². The van der Waals surface area contributed by atoms with E-state index in [4.69, 9.17) is 4.74 Å². The number of esters is 1. The summed E-state index contributed by atoms with van der Waals surface area (Å²) in [6.07, 6.45) is 3.16. The number of rotatable bonds is 7. The Morgan fingerprint density at radius 3 is 2.33 bits per heavy atom. The first-order valence-corrected chi connectivity index (χ1v) is 9.12. The molecule has 0 fully saturated rings. The molecule has 0 heterocycles. The largest absolute Gasteiger partial charge is 0.463 e. The van der Waals surface area contributed by atoms with Crippen LogP contribution in [0.4, 0.5) is 5.69 Å². The van der Waals surface area contributed by atoms with Crippen LogP contribution in [-0.2, 0) is 16.1 Å². The number of ketones is 1. The predicted molar refractivity (Wildman–Crippen MR) is 110 cm³/mol. The maximum Gasteiger partial charge on any atom is 0.330 e. The number of benzene rings is 2. The minimum Gasteiger partial charge on any atom is -0.463 e. The number of anilines is 1. The van der Waals surface area contributed by atoms with E-state index in [9.17, 15) is 9.59 Å². The summed E-state index contributed by atoms with van der Waals surface area (Å²) in [7, 11) is 0. The highest BCUT2D eigenvalue weighted by Gasteiger charge is 2.14. The lowest BCUT2D eigenvalue weighted by molar-refractivity contribution is -0.137. The Kier molecular flexibility index (Phi) is 6.94. The van der Waals surface area contributed by atoms with Crippen molar-refractivity contribution in [3.8, 4) is 0 Å². The van der Waals surface area contributed by atoms with Gasteiger partial charge in [0.15, 0.2) is 5.78 Å². The third-order valence-electron chi connectivity index (χ3n) is 4.56. The Morgan fingerprint density at radius 1 is 1.07 bits per heavy atom. The molecule has 0 aliphatic carbocycles. The molecule has 0 saturated heterocycles. The van der Waals surface area contributed by atoms with Crippen molar-refractivity contribution in [2.45, 2.75) is 41.2 Å². The minimum atomic E-state index is -0.341. The topological polar surface area (TPSA) is 55.4 Å². The molecule has 0 spiro atoms. The average Bonchev–Trinajstić information content (AvgIpc) is 2.60. The zero-order valence-electron chi connectivity index (χ0n) is 16.7. The van der Waals surface area contributed by atoms with Gasteiger partial charge in [-0.05, 0) is 80.6 Å². The van der Waals surface area contributed by atoms with Gasteiger partial charge in [-0.25, -0.2) is 4.79 Å². The summed E-state index contributed by atoms with van der Waals surface area (Å²) in [5.41, 5.74) is 7.12. The molecule has 1 N–H and O–H groups in total. The molecule has 0 amide bonds. The van der Waals surface area contributed by atoms with Crippen molar-refractivity contribution in [2.75, 3.05) is 11.9 Å². The van der Waals surface area contributed by atoms with Crippen molar-refractivity contribution < 1.29 is 14.3 Å². The molecule has 2 rings (SSSR count). The Bertz CT molecular complexity index is 864. The van der Waals surface area contributed by atoms with Crippen LogP contribution in [0.1, 0.15) is 52.0 Å². The summed E-state index contributed by atoms with van der Waals surface area (Å²) in [5, 5.41) is 3.41. The van der Waals surface area contributed by atoms with Crippen LogP contribution in [-0.4, -0.2) is 18.4 Å². The second-order valence-corrected chi connectivity index (χ2v) is 6.61. The zero-order valence-corrected chi connectivity index (χ0v) is 16.7. The number of Topliss-reactive ketones (excluding diaryl/α,β-unsaturated/α-hetero) is 1.